The Bertz CT molecular complexity index is 989. The van der Waals surface area contributed by atoms with Crippen molar-refractivity contribution < 1.29 is 4.74 Å². The van der Waals surface area contributed by atoms with E-state index < -0.39 is 0 Å². The molecule has 0 amide bonds. The monoisotopic (exact) mass is 434 g/mol. The van der Waals surface area contributed by atoms with Gasteiger partial charge in [-0.25, -0.2) is 0 Å². The van der Waals surface area contributed by atoms with E-state index in [9.17, 15) is 0 Å². The van der Waals surface area contributed by atoms with Gasteiger partial charge >= 0.3 is 0 Å². The van der Waals surface area contributed by atoms with Gasteiger partial charge < -0.3 is 4.74 Å². The van der Waals surface area contributed by atoms with Crippen LogP contribution >= 0.6 is 15.9 Å². The van der Waals surface area contributed by atoms with Gasteiger partial charge in [-0.3, -0.25) is 9.88 Å². The molecule has 142 valence electrons. The summed E-state index contributed by atoms with van der Waals surface area (Å²) in [5.74, 6) is 0.991. The van der Waals surface area contributed by atoms with Crippen molar-refractivity contribution in [2.45, 2.75) is 38.5 Å². The highest BCUT2D eigenvalue weighted by Crippen LogP contribution is 2.39. The number of benzene rings is 2. The van der Waals surface area contributed by atoms with Gasteiger partial charge in [0.1, 0.15) is 11.9 Å². The quantitative estimate of drug-likeness (QED) is 0.544. The molecule has 0 bridgehead atoms. The molecule has 0 fully saturated rings. The second-order valence-corrected chi connectivity index (χ2v) is 8.52. The van der Waals surface area contributed by atoms with E-state index >= 15 is 0 Å². The molecule has 3 aromatic rings. The average Bonchev–Trinajstić information content (AvgIpc) is 3.13. The molecule has 1 unspecified atom stereocenters. The normalized spacial score (nSPS) is 18.5. The Hall–Kier alpha value is -2.17. The van der Waals surface area contributed by atoms with E-state index in [1.807, 2.05) is 12.3 Å². The van der Waals surface area contributed by atoms with Crippen LogP contribution in [0.1, 0.15) is 40.5 Å². The maximum Gasteiger partial charge on any atom is 0.125 e. The van der Waals surface area contributed by atoms with E-state index in [2.05, 4.69) is 74.3 Å². The van der Waals surface area contributed by atoms with Gasteiger partial charge in [0.25, 0.3) is 0 Å². The number of fused-ring (bicyclic) bond motifs is 2. The fraction of sp³-hybridized carbons (Fsp3) is 0.292. The van der Waals surface area contributed by atoms with E-state index in [0.717, 1.165) is 54.8 Å². The molecule has 1 aliphatic carbocycles. The molecule has 3 nitrogen and oxygen atoms in total. The summed E-state index contributed by atoms with van der Waals surface area (Å²) >= 11 is 3.70. The van der Waals surface area contributed by atoms with Crippen LogP contribution in [-0.2, 0) is 25.9 Å². The van der Waals surface area contributed by atoms with Crippen LogP contribution in [0.5, 0.6) is 5.75 Å². The first-order valence-electron chi connectivity index (χ1n) is 9.94. The molecule has 0 spiro atoms. The molecule has 5 rings (SSSR count). The standard InChI is InChI=1S/C24H23BrN2O/c25-22-6-3-4-17-8-10-23(24(17)22)28-21-9-7-19-15-27(13-11-18(19)14-21)16-20-5-1-2-12-26-20/h1-7,9,12,14,23H,8,10-11,13,15-16H2. The highest BCUT2D eigenvalue weighted by Gasteiger charge is 2.26. The molecule has 1 aromatic heterocycles. The van der Waals surface area contributed by atoms with Gasteiger partial charge in [0.2, 0.25) is 0 Å². The predicted octanol–water partition coefficient (Wildman–Crippen LogP) is 5.47. The molecular weight excluding hydrogens is 412 g/mol. The highest BCUT2D eigenvalue weighted by atomic mass is 79.9. The Morgan fingerprint density at radius 2 is 1.96 bits per heavy atom. The van der Waals surface area contributed by atoms with E-state index in [1.165, 1.54) is 22.3 Å². The van der Waals surface area contributed by atoms with Crippen molar-refractivity contribution in [1.29, 1.82) is 0 Å². The molecule has 0 N–H and O–H groups in total. The zero-order chi connectivity index (χ0) is 18.9. The molecule has 1 aliphatic heterocycles. The second-order valence-electron chi connectivity index (χ2n) is 7.67. The molecule has 0 saturated carbocycles. The minimum absolute atomic E-state index is 0.146. The Balaban J connectivity index is 1.29. The molecular formula is C24H23BrN2O. The number of pyridine rings is 1. The van der Waals surface area contributed by atoms with E-state index in [0.29, 0.717) is 0 Å². The molecule has 28 heavy (non-hydrogen) atoms. The Morgan fingerprint density at radius 3 is 2.86 bits per heavy atom. The van der Waals surface area contributed by atoms with Crippen LogP contribution in [0.15, 0.2) is 65.3 Å². The summed E-state index contributed by atoms with van der Waals surface area (Å²) < 4.78 is 7.58. The summed E-state index contributed by atoms with van der Waals surface area (Å²) in [7, 11) is 0. The van der Waals surface area contributed by atoms with E-state index in [4.69, 9.17) is 4.74 Å². The van der Waals surface area contributed by atoms with Crippen LogP contribution in [0.3, 0.4) is 0 Å². The number of aryl methyl sites for hydroxylation is 1. The van der Waals surface area contributed by atoms with Crippen molar-refractivity contribution in [3.63, 3.8) is 0 Å². The van der Waals surface area contributed by atoms with Crippen LogP contribution in [0.4, 0.5) is 0 Å². The molecule has 4 heteroatoms. The van der Waals surface area contributed by atoms with Crippen molar-refractivity contribution in [3.8, 4) is 5.75 Å². The van der Waals surface area contributed by atoms with Crippen molar-refractivity contribution in [2.75, 3.05) is 6.54 Å². The zero-order valence-electron chi connectivity index (χ0n) is 15.8. The highest BCUT2D eigenvalue weighted by molar-refractivity contribution is 9.10. The van der Waals surface area contributed by atoms with Gasteiger partial charge in [-0.1, -0.05) is 40.2 Å². The summed E-state index contributed by atoms with van der Waals surface area (Å²) in [5, 5.41) is 0. The lowest BCUT2D eigenvalue weighted by atomic mass is 9.99. The molecule has 1 atom stereocenters. The number of aromatic nitrogens is 1. The van der Waals surface area contributed by atoms with Crippen LogP contribution < -0.4 is 4.74 Å². The number of hydrogen-bond acceptors (Lipinski definition) is 3. The van der Waals surface area contributed by atoms with Crippen molar-refractivity contribution >= 4 is 15.9 Å². The first-order valence-corrected chi connectivity index (χ1v) is 10.7. The van der Waals surface area contributed by atoms with Crippen molar-refractivity contribution in [1.82, 2.24) is 9.88 Å². The van der Waals surface area contributed by atoms with Crippen molar-refractivity contribution in [2.24, 2.45) is 0 Å². The number of rotatable bonds is 4. The zero-order valence-corrected chi connectivity index (χ0v) is 17.4. The predicted molar refractivity (Wildman–Crippen MR) is 114 cm³/mol. The van der Waals surface area contributed by atoms with E-state index in [-0.39, 0.29) is 6.10 Å². The average molecular weight is 435 g/mol. The SMILES string of the molecule is Brc1cccc2c1C(Oc1ccc3c(c1)CCN(Cc1ccccn1)C3)CC2. The third-order valence-corrected chi connectivity index (χ3v) is 6.49. The molecule has 2 heterocycles. The molecule has 0 saturated heterocycles. The van der Waals surface area contributed by atoms with Crippen molar-refractivity contribution in [3.05, 3.63) is 93.2 Å². The Kier molecular flexibility index (Phi) is 4.91. The van der Waals surface area contributed by atoms with Gasteiger partial charge in [-0.05, 0) is 66.3 Å². The molecule has 2 aromatic carbocycles. The fourth-order valence-corrected chi connectivity index (χ4v) is 5.05. The summed E-state index contributed by atoms with van der Waals surface area (Å²) in [6, 6.07) is 19.2. The minimum atomic E-state index is 0.146. The lowest BCUT2D eigenvalue weighted by molar-refractivity contribution is 0.205. The lowest BCUT2D eigenvalue weighted by Crippen LogP contribution is -2.30. The summed E-state index contributed by atoms with van der Waals surface area (Å²) in [6.07, 6.45) is 5.22. The van der Waals surface area contributed by atoms with Gasteiger partial charge in [0.15, 0.2) is 0 Å². The lowest BCUT2D eigenvalue weighted by Gasteiger charge is -2.29. The van der Waals surface area contributed by atoms with Crippen LogP contribution in [0, 0.1) is 0 Å². The summed E-state index contributed by atoms with van der Waals surface area (Å²) in [4.78, 5) is 6.93. The molecule has 2 aliphatic rings. The van der Waals surface area contributed by atoms with Crippen LogP contribution in [0.2, 0.25) is 0 Å². The van der Waals surface area contributed by atoms with Crippen LogP contribution in [0.25, 0.3) is 0 Å². The second kappa shape index (κ2) is 7.69. The first-order chi connectivity index (χ1) is 13.8. The maximum atomic E-state index is 6.42. The Labute approximate surface area is 174 Å². The molecule has 0 radical (unpaired) electrons. The maximum absolute atomic E-state index is 6.42. The summed E-state index contributed by atoms with van der Waals surface area (Å²) in [5.41, 5.74) is 6.68. The first kappa shape index (κ1) is 17.9. The van der Waals surface area contributed by atoms with Gasteiger partial charge in [0, 0.05) is 35.9 Å². The third-order valence-electron chi connectivity index (χ3n) is 5.80. The number of hydrogen-bond donors (Lipinski definition) is 0. The number of nitrogens with zero attached hydrogens (tertiary/aromatic N) is 2. The largest absolute Gasteiger partial charge is 0.486 e. The topological polar surface area (TPSA) is 25.4 Å². The minimum Gasteiger partial charge on any atom is -0.486 e. The van der Waals surface area contributed by atoms with Gasteiger partial charge in [-0.15, -0.1) is 0 Å². The van der Waals surface area contributed by atoms with Gasteiger partial charge in [0.05, 0.1) is 5.69 Å². The fourth-order valence-electron chi connectivity index (χ4n) is 4.39. The third kappa shape index (κ3) is 3.59. The number of halogens is 1. The smallest absolute Gasteiger partial charge is 0.125 e. The van der Waals surface area contributed by atoms with E-state index in [1.54, 1.807) is 0 Å². The van der Waals surface area contributed by atoms with Crippen LogP contribution in [-0.4, -0.2) is 16.4 Å². The number of ether oxygens (including phenoxy) is 1. The Morgan fingerprint density at radius 1 is 1.00 bits per heavy atom. The summed E-state index contributed by atoms with van der Waals surface area (Å²) in [6.45, 7) is 2.94. The van der Waals surface area contributed by atoms with Gasteiger partial charge in [-0.2, -0.15) is 0 Å².